The monoisotopic (exact) mass is 477 g/mol. The van der Waals surface area contributed by atoms with Crippen LogP contribution in [0.3, 0.4) is 0 Å². The van der Waals surface area contributed by atoms with Gasteiger partial charge in [0.1, 0.15) is 4.90 Å². The molecule has 0 radical (unpaired) electrons. The highest BCUT2D eigenvalue weighted by Crippen LogP contribution is 2.28. The molecule has 3 aromatic carbocycles. The number of hydrogen-bond acceptors (Lipinski definition) is 5. The summed E-state index contributed by atoms with van der Waals surface area (Å²) in [5.41, 5.74) is 1.22. The zero-order chi connectivity index (χ0) is 21.3. The molecule has 0 atom stereocenters. The van der Waals surface area contributed by atoms with Gasteiger partial charge in [-0.3, -0.25) is 14.8 Å². The second kappa shape index (κ2) is 8.23. The molecule has 152 valence electrons. The second-order valence-corrected chi connectivity index (χ2v) is 9.72. The summed E-state index contributed by atoms with van der Waals surface area (Å²) < 4.78 is 28.9. The lowest BCUT2D eigenvalue weighted by molar-refractivity contribution is 0.102. The third-order valence-electron chi connectivity index (χ3n) is 4.09. The van der Waals surface area contributed by atoms with E-state index in [1.54, 1.807) is 12.1 Å². The molecule has 6 nitrogen and oxygen atoms in total. The first-order valence-corrected chi connectivity index (χ1v) is 11.6. The quantitative estimate of drug-likeness (QED) is 0.388. The molecule has 2 N–H and O–H groups in total. The highest BCUT2D eigenvalue weighted by atomic mass is 35.5. The van der Waals surface area contributed by atoms with E-state index in [0.29, 0.717) is 15.8 Å². The van der Waals surface area contributed by atoms with Gasteiger partial charge in [0.15, 0.2) is 5.13 Å². The van der Waals surface area contributed by atoms with Crippen LogP contribution in [0, 0.1) is 0 Å². The summed E-state index contributed by atoms with van der Waals surface area (Å²) in [5.74, 6) is -0.492. The molecule has 4 rings (SSSR count). The van der Waals surface area contributed by atoms with Crippen LogP contribution in [0.4, 0.5) is 10.8 Å². The molecule has 0 aliphatic heterocycles. The number of nitrogens with zero attached hydrogens (tertiary/aromatic N) is 1. The Kier molecular flexibility index (Phi) is 5.66. The molecule has 4 aromatic rings. The number of para-hydroxylation sites is 1. The van der Waals surface area contributed by atoms with Crippen molar-refractivity contribution in [2.24, 2.45) is 0 Å². The Hall–Kier alpha value is -2.65. The number of amides is 1. The van der Waals surface area contributed by atoms with Gasteiger partial charge in [-0.2, -0.15) is 0 Å². The largest absolute Gasteiger partial charge is 0.298 e. The molecule has 1 aromatic heterocycles. The van der Waals surface area contributed by atoms with Gasteiger partial charge in [-0.25, -0.2) is 13.4 Å². The van der Waals surface area contributed by atoms with Gasteiger partial charge in [-0.15, -0.1) is 0 Å². The lowest BCUT2D eigenvalue weighted by atomic mass is 10.2. The maximum absolute atomic E-state index is 12.8. The summed E-state index contributed by atoms with van der Waals surface area (Å²) in [6, 6.07) is 17.7. The predicted octanol–water partition coefficient (Wildman–Crippen LogP) is 5.66. The fourth-order valence-corrected chi connectivity index (χ4v) is 5.25. The van der Waals surface area contributed by atoms with E-state index in [0.717, 1.165) is 10.2 Å². The number of rotatable bonds is 5. The van der Waals surface area contributed by atoms with E-state index < -0.39 is 15.9 Å². The normalized spacial score (nSPS) is 11.4. The molecule has 0 aliphatic rings. The molecular formula is C20H13Cl2N3O3S2. The van der Waals surface area contributed by atoms with Crippen molar-refractivity contribution in [1.29, 1.82) is 0 Å². The minimum absolute atomic E-state index is 0.00648. The highest BCUT2D eigenvalue weighted by molar-refractivity contribution is 7.92. The lowest BCUT2D eigenvalue weighted by Crippen LogP contribution is -2.16. The molecule has 1 amide bonds. The Bertz CT molecular complexity index is 1320. The number of halogens is 2. The molecule has 0 saturated carbocycles. The van der Waals surface area contributed by atoms with Crippen LogP contribution >= 0.6 is 34.5 Å². The Morgan fingerprint density at radius 3 is 2.43 bits per heavy atom. The molecule has 1 heterocycles. The topological polar surface area (TPSA) is 88.2 Å². The number of sulfonamides is 1. The van der Waals surface area contributed by atoms with Crippen molar-refractivity contribution in [3.05, 3.63) is 82.3 Å². The number of aromatic nitrogens is 1. The van der Waals surface area contributed by atoms with Gasteiger partial charge in [0.25, 0.3) is 15.9 Å². The fourth-order valence-electron chi connectivity index (χ4n) is 2.67. The Balaban J connectivity index is 1.60. The van der Waals surface area contributed by atoms with Crippen molar-refractivity contribution >= 4 is 71.5 Å². The zero-order valence-corrected chi connectivity index (χ0v) is 18.2. The molecule has 0 aliphatic carbocycles. The number of fused-ring (bicyclic) bond motifs is 1. The smallest absolute Gasteiger partial charge is 0.263 e. The molecule has 0 fully saturated rings. The third kappa shape index (κ3) is 4.41. The van der Waals surface area contributed by atoms with Crippen molar-refractivity contribution in [2.45, 2.75) is 4.90 Å². The van der Waals surface area contributed by atoms with Crippen LogP contribution in [-0.4, -0.2) is 19.3 Å². The minimum Gasteiger partial charge on any atom is -0.298 e. The maximum Gasteiger partial charge on any atom is 0.263 e. The summed E-state index contributed by atoms with van der Waals surface area (Å²) >= 11 is 13.3. The van der Waals surface area contributed by atoms with Crippen LogP contribution < -0.4 is 10.0 Å². The zero-order valence-electron chi connectivity index (χ0n) is 15.1. The summed E-state index contributed by atoms with van der Waals surface area (Å²) in [5, 5.41) is 3.58. The Morgan fingerprint density at radius 1 is 0.967 bits per heavy atom. The van der Waals surface area contributed by atoms with E-state index in [9.17, 15) is 13.2 Å². The second-order valence-electron chi connectivity index (χ2n) is 6.20. The molecule has 0 bridgehead atoms. The molecule has 30 heavy (non-hydrogen) atoms. The highest BCUT2D eigenvalue weighted by Gasteiger charge is 2.21. The van der Waals surface area contributed by atoms with Crippen molar-refractivity contribution in [2.75, 3.05) is 10.0 Å². The standard InChI is InChI=1S/C20H13Cl2N3O3S2/c21-13-6-8-14(9-7-13)25-30(27,28)18-11-12(5-10-15(18)22)19(26)24-20-23-16-3-1-2-4-17(16)29-20/h1-11,25H,(H,23,24,26). The summed E-state index contributed by atoms with van der Waals surface area (Å²) in [6.45, 7) is 0. The first-order chi connectivity index (χ1) is 14.3. The van der Waals surface area contributed by atoms with Crippen molar-refractivity contribution in [1.82, 2.24) is 4.98 Å². The number of anilines is 2. The van der Waals surface area contributed by atoms with Crippen LogP contribution in [0.1, 0.15) is 10.4 Å². The van der Waals surface area contributed by atoms with Gasteiger partial charge in [-0.05, 0) is 54.6 Å². The van der Waals surface area contributed by atoms with E-state index >= 15 is 0 Å². The summed E-state index contributed by atoms with van der Waals surface area (Å²) in [6.07, 6.45) is 0. The van der Waals surface area contributed by atoms with Gasteiger partial charge >= 0.3 is 0 Å². The predicted molar refractivity (Wildman–Crippen MR) is 121 cm³/mol. The SMILES string of the molecule is O=C(Nc1nc2ccccc2s1)c1ccc(Cl)c(S(=O)(=O)Nc2ccc(Cl)cc2)c1. The van der Waals surface area contributed by atoms with Crippen LogP contribution in [0.5, 0.6) is 0 Å². The first-order valence-electron chi connectivity index (χ1n) is 8.57. The Labute approximate surface area is 186 Å². The Morgan fingerprint density at radius 2 is 1.70 bits per heavy atom. The van der Waals surface area contributed by atoms with Gasteiger partial charge in [0.05, 0.1) is 15.2 Å². The van der Waals surface area contributed by atoms with Crippen LogP contribution in [0.15, 0.2) is 71.6 Å². The van der Waals surface area contributed by atoms with Crippen molar-refractivity contribution < 1.29 is 13.2 Å². The first kappa shape index (κ1) is 20.6. The lowest BCUT2D eigenvalue weighted by Gasteiger charge is -2.11. The number of carbonyl (C=O) groups is 1. The summed E-state index contributed by atoms with van der Waals surface area (Å²) in [7, 11) is -4.02. The average Bonchev–Trinajstić information content (AvgIpc) is 3.12. The fraction of sp³-hybridized carbons (Fsp3) is 0. The maximum atomic E-state index is 12.8. The average molecular weight is 478 g/mol. The minimum atomic E-state index is -4.02. The molecule has 0 unspecified atom stereocenters. The van der Waals surface area contributed by atoms with E-state index in [4.69, 9.17) is 23.2 Å². The van der Waals surface area contributed by atoms with Gasteiger partial charge in [0, 0.05) is 16.3 Å². The van der Waals surface area contributed by atoms with Gasteiger partial charge < -0.3 is 0 Å². The number of hydrogen-bond donors (Lipinski definition) is 2. The van der Waals surface area contributed by atoms with Crippen molar-refractivity contribution in [3.8, 4) is 0 Å². The van der Waals surface area contributed by atoms with Crippen LogP contribution in [-0.2, 0) is 10.0 Å². The molecule has 0 saturated heterocycles. The van der Waals surface area contributed by atoms with Gasteiger partial charge in [-0.1, -0.05) is 46.7 Å². The number of nitrogens with one attached hydrogen (secondary N) is 2. The molecule has 0 spiro atoms. The van der Waals surface area contributed by atoms with E-state index in [1.807, 2.05) is 24.3 Å². The van der Waals surface area contributed by atoms with Crippen molar-refractivity contribution in [3.63, 3.8) is 0 Å². The van der Waals surface area contributed by atoms with Crippen LogP contribution in [0.2, 0.25) is 10.0 Å². The van der Waals surface area contributed by atoms with E-state index in [2.05, 4.69) is 15.0 Å². The van der Waals surface area contributed by atoms with Gasteiger partial charge in [0.2, 0.25) is 0 Å². The van der Waals surface area contributed by atoms with E-state index in [-0.39, 0.29) is 15.5 Å². The molecule has 10 heteroatoms. The van der Waals surface area contributed by atoms with E-state index in [1.165, 1.54) is 41.7 Å². The third-order valence-corrected chi connectivity index (χ3v) is 7.16. The number of benzene rings is 3. The van der Waals surface area contributed by atoms with Crippen LogP contribution in [0.25, 0.3) is 10.2 Å². The number of carbonyl (C=O) groups excluding carboxylic acids is 1. The summed E-state index contributed by atoms with van der Waals surface area (Å²) in [4.78, 5) is 16.8. The molecular weight excluding hydrogens is 465 g/mol. The number of thiazole rings is 1.